The summed E-state index contributed by atoms with van der Waals surface area (Å²) >= 11 is 7.55. The normalized spacial score (nSPS) is 11.0. The molecule has 7 heteroatoms. The van der Waals surface area contributed by atoms with Crippen LogP contribution in [0.5, 0.6) is 11.5 Å². The predicted molar refractivity (Wildman–Crippen MR) is 122 cm³/mol. The number of ether oxygens (including phenoxy) is 2. The number of hydrogen-bond acceptors (Lipinski definition) is 5. The summed E-state index contributed by atoms with van der Waals surface area (Å²) in [7, 11) is 3.22. The molecule has 5 nitrogen and oxygen atoms in total. The molecule has 0 bridgehead atoms. The number of nitrogens with zero attached hydrogens (tertiary/aromatic N) is 1. The minimum atomic E-state index is -0.0935. The fraction of sp³-hybridized carbons (Fsp3) is 0.304. The smallest absolute Gasteiger partial charge is 0.255 e. The van der Waals surface area contributed by atoms with Crippen LogP contribution in [-0.2, 0) is 12.2 Å². The van der Waals surface area contributed by atoms with E-state index in [1.165, 1.54) is 11.8 Å². The maximum atomic E-state index is 12.8. The molecule has 0 amide bonds. The van der Waals surface area contributed by atoms with Crippen LogP contribution in [0.1, 0.15) is 42.1 Å². The Balaban J connectivity index is 1.91. The van der Waals surface area contributed by atoms with E-state index in [9.17, 15) is 4.79 Å². The number of H-pyrrole nitrogens is 1. The van der Waals surface area contributed by atoms with Crippen LogP contribution in [0.4, 0.5) is 0 Å². The van der Waals surface area contributed by atoms with Crippen molar-refractivity contribution in [3.05, 3.63) is 80.2 Å². The summed E-state index contributed by atoms with van der Waals surface area (Å²) in [4.78, 5) is 20.5. The monoisotopic (exact) mass is 444 g/mol. The second-order valence-corrected chi connectivity index (χ2v) is 8.57. The largest absolute Gasteiger partial charge is 0.493 e. The van der Waals surface area contributed by atoms with E-state index in [0.29, 0.717) is 39.4 Å². The van der Waals surface area contributed by atoms with Crippen LogP contribution in [0.2, 0.25) is 5.02 Å². The van der Waals surface area contributed by atoms with Gasteiger partial charge in [0.1, 0.15) is 0 Å². The molecule has 3 rings (SSSR count). The van der Waals surface area contributed by atoms with Gasteiger partial charge >= 0.3 is 0 Å². The lowest BCUT2D eigenvalue weighted by molar-refractivity contribution is 0.354. The first-order chi connectivity index (χ1) is 14.4. The van der Waals surface area contributed by atoms with Crippen molar-refractivity contribution in [2.75, 3.05) is 14.2 Å². The van der Waals surface area contributed by atoms with E-state index in [1.54, 1.807) is 14.2 Å². The van der Waals surface area contributed by atoms with Crippen molar-refractivity contribution < 1.29 is 9.47 Å². The molecular formula is C23H25ClN2O3S. The van der Waals surface area contributed by atoms with Gasteiger partial charge < -0.3 is 14.5 Å². The lowest BCUT2D eigenvalue weighted by Crippen LogP contribution is -2.20. The summed E-state index contributed by atoms with van der Waals surface area (Å²) in [5.74, 6) is 2.05. The van der Waals surface area contributed by atoms with Crippen molar-refractivity contribution >= 4 is 23.4 Å². The van der Waals surface area contributed by atoms with Crippen LogP contribution in [0, 0.1) is 0 Å². The molecule has 3 aromatic rings. The highest BCUT2D eigenvalue weighted by molar-refractivity contribution is 7.98. The topological polar surface area (TPSA) is 64.2 Å². The Morgan fingerprint density at radius 2 is 1.83 bits per heavy atom. The molecule has 1 aromatic heterocycles. The summed E-state index contributed by atoms with van der Waals surface area (Å²) in [5.41, 5.74) is 3.46. The molecule has 0 radical (unpaired) electrons. The maximum Gasteiger partial charge on any atom is 0.255 e. The Labute approximate surface area is 185 Å². The Kier molecular flexibility index (Phi) is 7.45. The van der Waals surface area contributed by atoms with Crippen molar-refractivity contribution in [3.8, 4) is 11.5 Å². The van der Waals surface area contributed by atoms with Crippen LogP contribution < -0.4 is 15.0 Å². The Hall–Kier alpha value is -2.44. The second-order valence-electron chi connectivity index (χ2n) is 7.17. The fourth-order valence-corrected chi connectivity index (χ4v) is 4.30. The van der Waals surface area contributed by atoms with Gasteiger partial charge in [0.2, 0.25) is 0 Å². The first-order valence-electron chi connectivity index (χ1n) is 9.62. The number of methoxy groups -OCH3 is 2. The summed E-state index contributed by atoms with van der Waals surface area (Å²) in [5, 5.41) is 1.29. The number of thioether (sulfide) groups is 1. The molecule has 1 heterocycles. The van der Waals surface area contributed by atoms with Crippen molar-refractivity contribution in [3.63, 3.8) is 0 Å². The Morgan fingerprint density at radius 3 is 2.50 bits per heavy atom. The van der Waals surface area contributed by atoms with Gasteiger partial charge in [-0.25, -0.2) is 4.98 Å². The molecule has 0 saturated heterocycles. The maximum absolute atomic E-state index is 12.8. The summed E-state index contributed by atoms with van der Waals surface area (Å²) in [6, 6.07) is 13.4. The zero-order valence-electron chi connectivity index (χ0n) is 17.5. The minimum Gasteiger partial charge on any atom is -0.493 e. The predicted octanol–water partition coefficient (Wildman–Crippen LogP) is 5.45. The van der Waals surface area contributed by atoms with Gasteiger partial charge in [-0.15, -0.1) is 0 Å². The zero-order valence-corrected chi connectivity index (χ0v) is 19.1. The number of aromatic nitrogens is 2. The third-order valence-electron chi connectivity index (χ3n) is 4.67. The highest BCUT2D eigenvalue weighted by Crippen LogP contribution is 2.29. The molecule has 0 fully saturated rings. The molecule has 0 atom stereocenters. The van der Waals surface area contributed by atoms with Gasteiger partial charge in [0.25, 0.3) is 5.56 Å². The molecule has 0 aliphatic heterocycles. The van der Waals surface area contributed by atoms with Gasteiger partial charge in [0.05, 0.1) is 19.9 Å². The van der Waals surface area contributed by atoms with E-state index in [4.69, 9.17) is 26.1 Å². The number of benzene rings is 2. The molecular weight excluding hydrogens is 420 g/mol. The number of aromatic amines is 1. The van der Waals surface area contributed by atoms with Crippen LogP contribution in [-0.4, -0.2) is 24.2 Å². The second kappa shape index (κ2) is 10.0. The van der Waals surface area contributed by atoms with Crippen molar-refractivity contribution in [1.29, 1.82) is 0 Å². The number of rotatable bonds is 8. The van der Waals surface area contributed by atoms with Gasteiger partial charge in [-0.2, -0.15) is 0 Å². The number of halogens is 1. The summed E-state index contributed by atoms with van der Waals surface area (Å²) in [6.45, 7) is 4.01. The molecule has 0 aliphatic carbocycles. The van der Waals surface area contributed by atoms with E-state index in [2.05, 4.69) is 4.98 Å². The molecule has 0 unspecified atom stereocenters. The molecule has 0 aliphatic rings. The van der Waals surface area contributed by atoms with E-state index in [0.717, 1.165) is 16.8 Å². The lowest BCUT2D eigenvalue weighted by Gasteiger charge is -2.14. The zero-order chi connectivity index (χ0) is 21.7. The van der Waals surface area contributed by atoms with Gasteiger partial charge in [-0.1, -0.05) is 55.4 Å². The molecule has 0 spiro atoms. The Morgan fingerprint density at radius 1 is 1.07 bits per heavy atom. The van der Waals surface area contributed by atoms with E-state index in [1.807, 2.05) is 56.3 Å². The van der Waals surface area contributed by atoms with Gasteiger partial charge in [0.15, 0.2) is 16.7 Å². The van der Waals surface area contributed by atoms with Gasteiger partial charge in [-0.3, -0.25) is 4.79 Å². The third-order valence-corrected chi connectivity index (χ3v) is 5.85. The average molecular weight is 445 g/mol. The van der Waals surface area contributed by atoms with Crippen molar-refractivity contribution in [2.45, 2.75) is 37.1 Å². The molecule has 1 N–H and O–H groups in total. The standard InChI is InChI=1S/C23H25ClN2O3S/c1-14(2)21-18(11-15-8-9-19(28-3)20(12-15)29-4)25-23(26-22(21)27)30-13-16-6-5-7-17(24)10-16/h5-10,12,14H,11,13H2,1-4H3,(H,25,26,27). The Bertz CT molecular complexity index is 1080. The van der Waals surface area contributed by atoms with Crippen LogP contribution in [0.15, 0.2) is 52.4 Å². The summed E-state index contributed by atoms with van der Waals surface area (Å²) < 4.78 is 10.7. The fourth-order valence-electron chi connectivity index (χ4n) is 3.27. The van der Waals surface area contributed by atoms with Crippen molar-refractivity contribution in [1.82, 2.24) is 9.97 Å². The minimum absolute atomic E-state index is 0.0587. The highest BCUT2D eigenvalue weighted by Gasteiger charge is 2.16. The van der Waals surface area contributed by atoms with Crippen LogP contribution in [0.25, 0.3) is 0 Å². The first-order valence-corrected chi connectivity index (χ1v) is 11.0. The SMILES string of the molecule is COc1ccc(Cc2nc(SCc3cccc(Cl)c3)[nH]c(=O)c2C(C)C)cc1OC. The van der Waals surface area contributed by atoms with Crippen LogP contribution in [0.3, 0.4) is 0 Å². The first kappa shape index (κ1) is 22.2. The molecule has 0 saturated carbocycles. The van der Waals surface area contributed by atoms with E-state index >= 15 is 0 Å². The number of hydrogen-bond donors (Lipinski definition) is 1. The third kappa shape index (κ3) is 5.37. The molecule has 158 valence electrons. The average Bonchev–Trinajstić information content (AvgIpc) is 2.71. The quantitative estimate of drug-likeness (QED) is 0.370. The highest BCUT2D eigenvalue weighted by atomic mass is 35.5. The van der Waals surface area contributed by atoms with Gasteiger partial charge in [-0.05, 0) is 41.3 Å². The van der Waals surface area contributed by atoms with Crippen molar-refractivity contribution in [2.24, 2.45) is 0 Å². The molecule has 2 aromatic carbocycles. The van der Waals surface area contributed by atoms with E-state index < -0.39 is 0 Å². The number of nitrogens with one attached hydrogen (secondary N) is 1. The van der Waals surface area contributed by atoms with Crippen LogP contribution >= 0.6 is 23.4 Å². The molecule has 30 heavy (non-hydrogen) atoms. The summed E-state index contributed by atoms with van der Waals surface area (Å²) in [6.07, 6.45) is 0.530. The van der Waals surface area contributed by atoms with E-state index in [-0.39, 0.29) is 11.5 Å². The lowest BCUT2D eigenvalue weighted by atomic mass is 9.98. The van der Waals surface area contributed by atoms with Gasteiger partial charge in [0, 0.05) is 22.8 Å².